The molecule has 0 saturated heterocycles. The molecular formula is C12H18. The molecule has 0 N–H and O–H groups in total. The molecule has 0 spiro atoms. The fourth-order valence-corrected chi connectivity index (χ4v) is 4.07. The molecule has 0 aromatic heterocycles. The smallest absolute Gasteiger partial charge is 0.0163 e. The highest BCUT2D eigenvalue weighted by Gasteiger charge is 2.67. The topological polar surface area (TPSA) is 0 Å². The Morgan fingerprint density at radius 1 is 1.50 bits per heavy atom. The third-order valence-electron chi connectivity index (χ3n) is 4.87. The van der Waals surface area contributed by atoms with E-state index in [1.165, 1.54) is 19.3 Å². The second-order valence-corrected chi connectivity index (χ2v) is 4.94. The minimum absolute atomic E-state index is 0.823. The van der Waals surface area contributed by atoms with Crippen molar-refractivity contribution >= 4 is 0 Å². The average Bonchev–Trinajstić information content (AvgIpc) is 2.64. The van der Waals surface area contributed by atoms with Crippen LogP contribution in [0, 0.1) is 23.2 Å². The molecule has 4 atom stereocenters. The Kier molecular flexibility index (Phi) is 1.18. The lowest BCUT2D eigenvalue weighted by molar-refractivity contribution is 0.378. The molecule has 0 heterocycles. The summed E-state index contributed by atoms with van der Waals surface area (Å²) >= 11 is 0. The largest absolute Gasteiger partial charge is 0.0813 e. The van der Waals surface area contributed by atoms with E-state index in [2.05, 4.69) is 19.9 Å². The maximum atomic E-state index is 2.62. The molecule has 66 valence electrons. The van der Waals surface area contributed by atoms with Crippen LogP contribution in [0.2, 0.25) is 0 Å². The maximum absolute atomic E-state index is 2.62. The summed E-state index contributed by atoms with van der Waals surface area (Å²) in [5.41, 5.74) is 2.62. The van der Waals surface area contributed by atoms with Crippen molar-refractivity contribution in [3.05, 3.63) is 11.6 Å². The molecule has 2 saturated carbocycles. The zero-order valence-electron chi connectivity index (χ0n) is 8.14. The second kappa shape index (κ2) is 1.97. The molecule has 0 aromatic carbocycles. The van der Waals surface area contributed by atoms with Crippen molar-refractivity contribution in [2.24, 2.45) is 23.2 Å². The van der Waals surface area contributed by atoms with Gasteiger partial charge in [0.05, 0.1) is 0 Å². The molecule has 0 radical (unpaired) electrons. The van der Waals surface area contributed by atoms with E-state index in [9.17, 15) is 0 Å². The van der Waals surface area contributed by atoms with Crippen LogP contribution in [0.5, 0.6) is 0 Å². The van der Waals surface area contributed by atoms with Crippen molar-refractivity contribution in [2.45, 2.75) is 39.5 Å². The summed E-state index contributed by atoms with van der Waals surface area (Å²) in [7, 11) is 0. The van der Waals surface area contributed by atoms with Crippen LogP contribution in [0.1, 0.15) is 39.5 Å². The highest BCUT2D eigenvalue weighted by Crippen LogP contribution is 2.75. The van der Waals surface area contributed by atoms with Crippen LogP contribution in [0.15, 0.2) is 11.6 Å². The Bertz CT molecular complexity index is 251. The van der Waals surface area contributed by atoms with E-state index in [4.69, 9.17) is 0 Å². The van der Waals surface area contributed by atoms with Gasteiger partial charge in [-0.2, -0.15) is 0 Å². The van der Waals surface area contributed by atoms with Crippen molar-refractivity contribution in [1.82, 2.24) is 0 Å². The molecule has 0 heteroatoms. The molecule has 12 heavy (non-hydrogen) atoms. The van der Waals surface area contributed by atoms with Crippen LogP contribution >= 0.6 is 0 Å². The lowest BCUT2D eigenvalue weighted by atomic mass is 9.86. The Morgan fingerprint density at radius 3 is 2.92 bits per heavy atom. The third-order valence-corrected chi connectivity index (χ3v) is 4.87. The molecule has 3 aliphatic rings. The van der Waals surface area contributed by atoms with E-state index in [0.29, 0.717) is 0 Å². The van der Waals surface area contributed by atoms with Gasteiger partial charge < -0.3 is 0 Å². The van der Waals surface area contributed by atoms with E-state index in [0.717, 1.165) is 23.2 Å². The van der Waals surface area contributed by atoms with Crippen molar-refractivity contribution < 1.29 is 0 Å². The average molecular weight is 162 g/mol. The molecule has 0 nitrogen and oxygen atoms in total. The standard InChI is InChI=1S/C12H18/c1-3-8-5-9-6-10(8)11-7-12(9,11)4-2/h5,9-11H,3-4,6-7H2,1-2H3. The molecule has 0 aromatic rings. The second-order valence-electron chi connectivity index (χ2n) is 4.94. The van der Waals surface area contributed by atoms with Crippen molar-refractivity contribution in [2.75, 3.05) is 0 Å². The quantitative estimate of drug-likeness (QED) is 0.546. The van der Waals surface area contributed by atoms with Gasteiger partial charge in [-0.3, -0.25) is 0 Å². The monoisotopic (exact) mass is 162 g/mol. The Balaban J connectivity index is 1.94. The van der Waals surface area contributed by atoms with Gasteiger partial charge in [0.2, 0.25) is 0 Å². The highest BCUT2D eigenvalue weighted by molar-refractivity contribution is 5.33. The molecule has 2 bridgehead atoms. The molecule has 2 fully saturated rings. The van der Waals surface area contributed by atoms with Gasteiger partial charge in [-0.05, 0) is 48.9 Å². The first-order valence-corrected chi connectivity index (χ1v) is 5.52. The molecule has 0 aliphatic heterocycles. The Hall–Kier alpha value is -0.260. The lowest BCUT2D eigenvalue weighted by Crippen LogP contribution is -2.10. The van der Waals surface area contributed by atoms with E-state index in [1.807, 2.05) is 0 Å². The van der Waals surface area contributed by atoms with Crippen molar-refractivity contribution in [3.63, 3.8) is 0 Å². The van der Waals surface area contributed by atoms with Crippen molar-refractivity contribution in [3.8, 4) is 0 Å². The van der Waals surface area contributed by atoms with Crippen LogP contribution in [0.25, 0.3) is 0 Å². The van der Waals surface area contributed by atoms with Gasteiger partial charge in [-0.25, -0.2) is 0 Å². The first kappa shape index (κ1) is 7.17. The normalized spacial score (nSPS) is 53.8. The number of rotatable bonds is 2. The van der Waals surface area contributed by atoms with Gasteiger partial charge in [0.1, 0.15) is 0 Å². The predicted molar refractivity (Wildman–Crippen MR) is 50.8 cm³/mol. The maximum Gasteiger partial charge on any atom is -0.0163 e. The first-order valence-electron chi connectivity index (χ1n) is 5.52. The van der Waals surface area contributed by atoms with Gasteiger partial charge in [0, 0.05) is 0 Å². The van der Waals surface area contributed by atoms with E-state index >= 15 is 0 Å². The number of hydrogen-bond donors (Lipinski definition) is 0. The van der Waals surface area contributed by atoms with E-state index in [1.54, 1.807) is 12.0 Å². The third kappa shape index (κ3) is 0.582. The SMILES string of the molecule is CCC1=CC2CC1C1CC21CC. The summed E-state index contributed by atoms with van der Waals surface area (Å²) in [6, 6.07) is 0. The molecule has 0 amide bonds. The number of fused-ring (bicyclic) bond motifs is 5. The summed E-state index contributed by atoms with van der Waals surface area (Å²) in [4.78, 5) is 0. The summed E-state index contributed by atoms with van der Waals surface area (Å²) in [5.74, 6) is 3.14. The minimum atomic E-state index is 0.823. The van der Waals surface area contributed by atoms with Crippen molar-refractivity contribution in [1.29, 1.82) is 0 Å². The number of allylic oxidation sites excluding steroid dienone is 2. The van der Waals surface area contributed by atoms with E-state index < -0.39 is 0 Å². The van der Waals surface area contributed by atoms with Gasteiger partial charge in [-0.1, -0.05) is 25.5 Å². The van der Waals surface area contributed by atoms with Crippen LogP contribution in [-0.2, 0) is 0 Å². The van der Waals surface area contributed by atoms with Crippen LogP contribution in [0.4, 0.5) is 0 Å². The Morgan fingerprint density at radius 2 is 2.33 bits per heavy atom. The predicted octanol–water partition coefficient (Wildman–Crippen LogP) is 3.39. The number of hydrogen-bond acceptors (Lipinski definition) is 0. The fraction of sp³-hybridized carbons (Fsp3) is 0.833. The summed E-state index contributed by atoms with van der Waals surface area (Å²) < 4.78 is 0. The van der Waals surface area contributed by atoms with Gasteiger partial charge in [-0.15, -0.1) is 0 Å². The van der Waals surface area contributed by atoms with Gasteiger partial charge in [0.25, 0.3) is 0 Å². The summed E-state index contributed by atoms with van der Waals surface area (Å²) in [5, 5.41) is 0. The first-order chi connectivity index (χ1) is 5.81. The van der Waals surface area contributed by atoms with Crippen LogP contribution in [0.3, 0.4) is 0 Å². The van der Waals surface area contributed by atoms with Gasteiger partial charge >= 0.3 is 0 Å². The highest BCUT2D eigenvalue weighted by atomic mass is 14.7. The summed E-state index contributed by atoms with van der Waals surface area (Å²) in [6.45, 7) is 4.71. The Labute approximate surface area is 75.0 Å². The minimum Gasteiger partial charge on any atom is -0.0813 e. The molecular weight excluding hydrogens is 144 g/mol. The van der Waals surface area contributed by atoms with E-state index in [-0.39, 0.29) is 0 Å². The summed E-state index contributed by atoms with van der Waals surface area (Å²) in [6.07, 6.45) is 8.45. The zero-order valence-corrected chi connectivity index (χ0v) is 8.14. The zero-order chi connectivity index (χ0) is 8.34. The molecule has 3 rings (SSSR count). The molecule has 3 aliphatic carbocycles. The van der Waals surface area contributed by atoms with Gasteiger partial charge in [0.15, 0.2) is 0 Å². The van der Waals surface area contributed by atoms with Crippen LogP contribution < -0.4 is 0 Å². The lowest BCUT2D eigenvalue weighted by Gasteiger charge is -2.19. The van der Waals surface area contributed by atoms with Crippen LogP contribution in [-0.4, -0.2) is 0 Å². The fourth-order valence-electron chi connectivity index (χ4n) is 4.07. The molecule has 4 unspecified atom stereocenters.